The zero-order chi connectivity index (χ0) is 23.2. The standard InChI is InChI=1S/C23H34N8O2/c1-3-4-17(7-10-32)28-22-21-18(29-23(24)30-22)13-27-31(21)14-19-20(33-2)11-16(12-26-19)15-5-8-25-9-6-15/h11-13,15,17,25,32H,3-10,14H2,1-2H3,(H3,24,28,29,30)/t17-/m0/s1. The number of methoxy groups -OCH3 is 1. The molecule has 0 bridgehead atoms. The summed E-state index contributed by atoms with van der Waals surface area (Å²) in [5.74, 6) is 2.06. The van der Waals surface area contributed by atoms with Gasteiger partial charge < -0.3 is 26.2 Å². The second kappa shape index (κ2) is 10.8. The summed E-state index contributed by atoms with van der Waals surface area (Å²) in [6.07, 6.45) is 8.39. The van der Waals surface area contributed by atoms with E-state index in [1.54, 1.807) is 13.3 Å². The van der Waals surface area contributed by atoms with Crippen LogP contribution in [0.2, 0.25) is 0 Å². The number of aromatic nitrogens is 5. The van der Waals surface area contributed by atoms with Crippen molar-refractivity contribution < 1.29 is 9.84 Å². The highest BCUT2D eigenvalue weighted by atomic mass is 16.5. The van der Waals surface area contributed by atoms with E-state index in [1.807, 2.05) is 10.9 Å². The Bertz CT molecular complexity index is 1060. The first kappa shape index (κ1) is 23.2. The molecule has 33 heavy (non-hydrogen) atoms. The Labute approximate surface area is 194 Å². The molecule has 4 rings (SSSR count). The number of ether oxygens (including phenoxy) is 1. The van der Waals surface area contributed by atoms with Crippen molar-refractivity contribution in [2.24, 2.45) is 0 Å². The number of nitrogens with one attached hydrogen (secondary N) is 2. The van der Waals surface area contributed by atoms with Gasteiger partial charge in [-0.2, -0.15) is 10.1 Å². The van der Waals surface area contributed by atoms with E-state index in [4.69, 9.17) is 15.5 Å². The van der Waals surface area contributed by atoms with Crippen LogP contribution in [-0.4, -0.2) is 62.7 Å². The quantitative estimate of drug-likeness (QED) is 0.364. The van der Waals surface area contributed by atoms with E-state index in [1.165, 1.54) is 5.56 Å². The molecule has 5 N–H and O–H groups in total. The summed E-state index contributed by atoms with van der Waals surface area (Å²) in [5, 5.41) is 20.9. The third-order valence-corrected chi connectivity index (χ3v) is 6.24. The van der Waals surface area contributed by atoms with Gasteiger partial charge in [0.05, 0.1) is 19.9 Å². The van der Waals surface area contributed by atoms with Crippen molar-refractivity contribution in [1.29, 1.82) is 0 Å². The fourth-order valence-electron chi connectivity index (χ4n) is 4.53. The molecular weight excluding hydrogens is 420 g/mol. The van der Waals surface area contributed by atoms with E-state index in [0.717, 1.165) is 55.7 Å². The maximum absolute atomic E-state index is 9.45. The van der Waals surface area contributed by atoms with Gasteiger partial charge in [0.2, 0.25) is 5.95 Å². The topological polar surface area (TPSA) is 136 Å². The van der Waals surface area contributed by atoms with Crippen LogP contribution in [0, 0.1) is 0 Å². The molecule has 178 valence electrons. The van der Waals surface area contributed by atoms with Crippen LogP contribution in [0.5, 0.6) is 5.75 Å². The normalized spacial score (nSPS) is 15.6. The molecule has 4 heterocycles. The first-order valence-corrected chi connectivity index (χ1v) is 11.7. The molecule has 0 aromatic carbocycles. The molecule has 0 spiro atoms. The summed E-state index contributed by atoms with van der Waals surface area (Å²) in [6, 6.07) is 2.19. The maximum atomic E-state index is 9.45. The lowest BCUT2D eigenvalue weighted by molar-refractivity contribution is 0.276. The number of hydrogen-bond acceptors (Lipinski definition) is 9. The molecule has 0 saturated carbocycles. The fourth-order valence-corrected chi connectivity index (χ4v) is 4.53. The van der Waals surface area contributed by atoms with Crippen LogP contribution in [-0.2, 0) is 6.54 Å². The highest BCUT2D eigenvalue weighted by Crippen LogP contribution is 2.30. The van der Waals surface area contributed by atoms with Crippen LogP contribution in [0.15, 0.2) is 18.5 Å². The highest BCUT2D eigenvalue weighted by molar-refractivity contribution is 5.86. The third-order valence-electron chi connectivity index (χ3n) is 6.24. The van der Waals surface area contributed by atoms with Crippen molar-refractivity contribution in [3.8, 4) is 5.75 Å². The summed E-state index contributed by atoms with van der Waals surface area (Å²) >= 11 is 0. The molecular formula is C23H34N8O2. The summed E-state index contributed by atoms with van der Waals surface area (Å²) in [6.45, 7) is 4.70. The molecule has 3 aromatic heterocycles. The highest BCUT2D eigenvalue weighted by Gasteiger charge is 2.20. The minimum Gasteiger partial charge on any atom is -0.495 e. The number of nitrogen functional groups attached to an aromatic ring is 1. The number of nitrogens with zero attached hydrogens (tertiary/aromatic N) is 5. The second-order valence-corrected chi connectivity index (χ2v) is 8.55. The van der Waals surface area contributed by atoms with Crippen molar-refractivity contribution in [3.63, 3.8) is 0 Å². The molecule has 1 fully saturated rings. The Morgan fingerprint density at radius 2 is 2.09 bits per heavy atom. The smallest absolute Gasteiger partial charge is 0.222 e. The Hall–Kier alpha value is -2.98. The van der Waals surface area contributed by atoms with E-state index >= 15 is 0 Å². The van der Waals surface area contributed by atoms with Gasteiger partial charge >= 0.3 is 0 Å². The molecule has 0 aliphatic carbocycles. The van der Waals surface area contributed by atoms with Gasteiger partial charge in [-0.3, -0.25) is 9.67 Å². The molecule has 3 aromatic rings. The van der Waals surface area contributed by atoms with Gasteiger partial charge in [-0.05, 0) is 56.3 Å². The summed E-state index contributed by atoms with van der Waals surface area (Å²) < 4.78 is 7.53. The van der Waals surface area contributed by atoms with Gasteiger partial charge in [0.25, 0.3) is 0 Å². The average Bonchev–Trinajstić information content (AvgIpc) is 3.22. The van der Waals surface area contributed by atoms with Crippen molar-refractivity contribution in [1.82, 2.24) is 30.0 Å². The molecule has 0 radical (unpaired) electrons. The van der Waals surface area contributed by atoms with Crippen molar-refractivity contribution >= 4 is 22.8 Å². The second-order valence-electron chi connectivity index (χ2n) is 8.55. The monoisotopic (exact) mass is 454 g/mol. The number of aliphatic hydroxyl groups is 1. The van der Waals surface area contributed by atoms with Crippen LogP contribution in [0.1, 0.15) is 56.2 Å². The molecule has 1 aliphatic rings. The number of rotatable bonds is 10. The molecule has 10 heteroatoms. The van der Waals surface area contributed by atoms with Crippen LogP contribution >= 0.6 is 0 Å². The number of aliphatic hydroxyl groups excluding tert-OH is 1. The molecule has 10 nitrogen and oxygen atoms in total. The van der Waals surface area contributed by atoms with Crippen molar-refractivity contribution in [3.05, 3.63) is 29.7 Å². The zero-order valence-corrected chi connectivity index (χ0v) is 19.4. The molecule has 1 atom stereocenters. The predicted molar refractivity (Wildman–Crippen MR) is 128 cm³/mol. The Morgan fingerprint density at radius 1 is 1.27 bits per heavy atom. The van der Waals surface area contributed by atoms with Crippen LogP contribution in [0.4, 0.5) is 11.8 Å². The Kier molecular flexibility index (Phi) is 7.56. The first-order valence-electron chi connectivity index (χ1n) is 11.7. The van der Waals surface area contributed by atoms with Crippen molar-refractivity contribution in [2.45, 2.75) is 57.5 Å². The first-order chi connectivity index (χ1) is 16.1. The largest absolute Gasteiger partial charge is 0.495 e. The lowest BCUT2D eigenvalue weighted by Crippen LogP contribution is -2.26. The number of fused-ring (bicyclic) bond motifs is 1. The zero-order valence-electron chi connectivity index (χ0n) is 19.4. The molecule has 1 saturated heterocycles. The summed E-state index contributed by atoms with van der Waals surface area (Å²) in [5.41, 5.74) is 9.39. The lowest BCUT2D eigenvalue weighted by atomic mass is 9.91. The third kappa shape index (κ3) is 5.33. The number of nitrogens with two attached hydrogens (primary N) is 1. The average molecular weight is 455 g/mol. The van der Waals surface area contributed by atoms with E-state index < -0.39 is 0 Å². The van der Waals surface area contributed by atoms with E-state index in [2.05, 4.69) is 38.7 Å². The van der Waals surface area contributed by atoms with Crippen LogP contribution < -0.4 is 21.1 Å². The number of piperidine rings is 1. The van der Waals surface area contributed by atoms with Gasteiger partial charge in [-0.1, -0.05) is 13.3 Å². The minimum atomic E-state index is 0.0813. The number of pyridine rings is 1. The Balaban J connectivity index is 1.64. The van der Waals surface area contributed by atoms with Crippen LogP contribution in [0.3, 0.4) is 0 Å². The summed E-state index contributed by atoms with van der Waals surface area (Å²) in [4.78, 5) is 13.6. The number of anilines is 2. The van der Waals surface area contributed by atoms with E-state index in [0.29, 0.717) is 30.2 Å². The maximum Gasteiger partial charge on any atom is 0.222 e. The fraction of sp³-hybridized carbons (Fsp3) is 0.565. The molecule has 0 unspecified atom stereocenters. The van der Waals surface area contributed by atoms with Gasteiger partial charge in [0, 0.05) is 18.8 Å². The SMILES string of the molecule is CCC[C@@H](CCO)Nc1nc(N)nc2cnn(Cc3ncc(C4CCNCC4)cc3OC)c12. The Morgan fingerprint density at radius 3 is 2.82 bits per heavy atom. The van der Waals surface area contributed by atoms with Gasteiger partial charge in [0.15, 0.2) is 5.82 Å². The minimum absolute atomic E-state index is 0.0813. The van der Waals surface area contributed by atoms with Gasteiger partial charge in [0.1, 0.15) is 22.5 Å². The number of hydrogen-bond donors (Lipinski definition) is 4. The van der Waals surface area contributed by atoms with Gasteiger partial charge in [-0.25, -0.2) is 4.98 Å². The van der Waals surface area contributed by atoms with E-state index in [9.17, 15) is 5.11 Å². The van der Waals surface area contributed by atoms with E-state index in [-0.39, 0.29) is 18.6 Å². The predicted octanol–water partition coefficient (Wildman–Crippen LogP) is 2.29. The summed E-state index contributed by atoms with van der Waals surface area (Å²) in [7, 11) is 1.68. The molecule has 0 amide bonds. The van der Waals surface area contributed by atoms with Crippen LogP contribution in [0.25, 0.3) is 11.0 Å². The van der Waals surface area contributed by atoms with Crippen molar-refractivity contribution in [2.75, 3.05) is 37.9 Å². The van der Waals surface area contributed by atoms with Gasteiger partial charge in [-0.15, -0.1) is 0 Å². The lowest BCUT2D eigenvalue weighted by Gasteiger charge is -2.23. The molecule has 1 aliphatic heterocycles.